The first-order valence-electron chi connectivity index (χ1n) is 6.79. The number of pyridine rings is 1. The fraction of sp³-hybridized carbons (Fsp3) is 0.0625. The first-order valence-corrected chi connectivity index (χ1v) is 8.65. The van der Waals surface area contributed by atoms with Crippen molar-refractivity contribution in [1.82, 2.24) is 9.71 Å². The summed E-state index contributed by atoms with van der Waals surface area (Å²) in [5, 5.41) is 0.366. The molecule has 3 rings (SSSR count). The average molecular weight is 349 g/mol. The van der Waals surface area contributed by atoms with Gasteiger partial charge in [-0.15, -0.1) is 0 Å². The Morgan fingerprint density at radius 3 is 2.74 bits per heavy atom. The SMILES string of the molecule is O=S(=O)(NCc1cccnc1-c1ccco1)c1cccc(Cl)c1. The molecule has 7 heteroatoms. The van der Waals surface area contributed by atoms with Gasteiger partial charge in [0, 0.05) is 17.8 Å². The van der Waals surface area contributed by atoms with E-state index in [1.807, 2.05) is 0 Å². The van der Waals surface area contributed by atoms with Gasteiger partial charge in [-0.3, -0.25) is 4.98 Å². The first kappa shape index (κ1) is 15.7. The monoisotopic (exact) mass is 348 g/mol. The zero-order valence-electron chi connectivity index (χ0n) is 11.9. The highest BCUT2D eigenvalue weighted by molar-refractivity contribution is 7.89. The van der Waals surface area contributed by atoms with E-state index in [4.69, 9.17) is 16.0 Å². The fourth-order valence-electron chi connectivity index (χ4n) is 2.11. The molecule has 0 bridgehead atoms. The summed E-state index contributed by atoms with van der Waals surface area (Å²) >= 11 is 5.85. The van der Waals surface area contributed by atoms with E-state index in [-0.39, 0.29) is 11.4 Å². The van der Waals surface area contributed by atoms with Crippen LogP contribution in [0.15, 0.2) is 70.3 Å². The number of rotatable bonds is 5. The van der Waals surface area contributed by atoms with Crippen LogP contribution in [0.1, 0.15) is 5.56 Å². The number of halogens is 1. The van der Waals surface area contributed by atoms with Crippen molar-refractivity contribution in [2.45, 2.75) is 11.4 Å². The van der Waals surface area contributed by atoms with Crippen LogP contribution in [-0.4, -0.2) is 13.4 Å². The summed E-state index contributed by atoms with van der Waals surface area (Å²) in [7, 11) is -3.66. The van der Waals surface area contributed by atoms with Crippen LogP contribution in [0.4, 0.5) is 0 Å². The molecule has 0 saturated carbocycles. The molecule has 3 aromatic rings. The molecule has 1 aromatic carbocycles. The van der Waals surface area contributed by atoms with Gasteiger partial charge in [0.25, 0.3) is 0 Å². The van der Waals surface area contributed by atoms with Crippen molar-refractivity contribution in [2.75, 3.05) is 0 Å². The second-order valence-corrected chi connectivity index (χ2v) is 6.97. The Labute approximate surface area is 139 Å². The Bertz CT molecular complexity index is 909. The number of nitrogens with one attached hydrogen (secondary N) is 1. The zero-order valence-corrected chi connectivity index (χ0v) is 13.5. The Morgan fingerprint density at radius 2 is 2.00 bits per heavy atom. The third-order valence-electron chi connectivity index (χ3n) is 3.20. The van der Waals surface area contributed by atoms with E-state index in [9.17, 15) is 8.42 Å². The molecule has 118 valence electrons. The number of aromatic nitrogens is 1. The summed E-state index contributed by atoms with van der Waals surface area (Å²) in [4.78, 5) is 4.38. The van der Waals surface area contributed by atoms with Crippen LogP contribution >= 0.6 is 11.6 Å². The summed E-state index contributed by atoms with van der Waals surface area (Å²) in [6.45, 7) is 0.0960. The maximum atomic E-state index is 12.3. The van der Waals surface area contributed by atoms with E-state index in [0.717, 1.165) is 0 Å². The van der Waals surface area contributed by atoms with Gasteiger partial charge in [-0.05, 0) is 42.0 Å². The molecule has 0 aliphatic heterocycles. The van der Waals surface area contributed by atoms with Crippen LogP contribution < -0.4 is 4.72 Å². The number of sulfonamides is 1. The highest BCUT2D eigenvalue weighted by Gasteiger charge is 2.16. The second kappa shape index (κ2) is 6.54. The predicted octanol–water partition coefficient (Wildman–Crippen LogP) is 3.47. The number of benzene rings is 1. The standard InChI is InChI=1S/C16H13ClN2O3S/c17-13-5-1-6-14(10-13)23(20,21)19-11-12-4-2-8-18-16(12)15-7-3-9-22-15/h1-10,19H,11H2. The molecule has 0 atom stereocenters. The van der Waals surface area contributed by atoms with Gasteiger partial charge in [-0.1, -0.05) is 23.7 Å². The van der Waals surface area contributed by atoms with Crippen molar-refractivity contribution in [1.29, 1.82) is 0 Å². The molecule has 0 spiro atoms. The predicted molar refractivity (Wildman–Crippen MR) is 87.4 cm³/mol. The smallest absolute Gasteiger partial charge is 0.240 e. The van der Waals surface area contributed by atoms with Crippen LogP contribution in [0.5, 0.6) is 0 Å². The highest BCUT2D eigenvalue weighted by atomic mass is 35.5. The van der Waals surface area contributed by atoms with Crippen LogP contribution in [0, 0.1) is 0 Å². The molecule has 0 aliphatic carbocycles. The maximum Gasteiger partial charge on any atom is 0.240 e. The fourth-order valence-corrected chi connectivity index (χ4v) is 3.41. The summed E-state index contributed by atoms with van der Waals surface area (Å²) < 4.78 is 32.6. The van der Waals surface area contributed by atoms with Crippen LogP contribution in [0.2, 0.25) is 5.02 Å². The lowest BCUT2D eigenvalue weighted by Crippen LogP contribution is -2.23. The molecule has 0 saturated heterocycles. The zero-order chi connectivity index (χ0) is 16.3. The topological polar surface area (TPSA) is 72.2 Å². The first-order chi connectivity index (χ1) is 11.1. The van der Waals surface area contributed by atoms with Crippen LogP contribution in [0.25, 0.3) is 11.5 Å². The molecule has 1 N–H and O–H groups in total. The molecule has 2 heterocycles. The van der Waals surface area contributed by atoms with Crippen molar-refractivity contribution >= 4 is 21.6 Å². The minimum atomic E-state index is -3.66. The van der Waals surface area contributed by atoms with Gasteiger partial charge in [0.05, 0.1) is 11.2 Å². The second-order valence-electron chi connectivity index (χ2n) is 4.77. The summed E-state index contributed by atoms with van der Waals surface area (Å²) in [5.41, 5.74) is 1.32. The molecule has 0 aliphatic rings. The van der Waals surface area contributed by atoms with E-state index in [2.05, 4.69) is 9.71 Å². The van der Waals surface area contributed by atoms with Gasteiger partial charge in [0.2, 0.25) is 10.0 Å². The third-order valence-corrected chi connectivity index (χ3v) is 4.84. The Kier molecular flexibility index (Phi) is 4.47. The minimum absolute atomic E-state index is 0.0960. The Hall–Kier alpha value is -2.15. The van der Waals surface area contributed by atoms with Crippen molar-refractivity contribution < 1.29 is 12.8 Å². The number of hydrogen-bond donors (Lipinski definition) is 1. The average Bonchev–Trinajstić information content (AvgIpc) is 3.08. The van der Waals surface area contributed by atoms with E-state index in [0.29, 0.717) is 22.0 Å². The summed E-state index contributed by atoms with van der Waals surface area (Å²) in [5.74, 6) is 0.586. The number of hydrogen-bond acceptors (Lipinski definition) is 4. The van der Waals surface area contributed by atoms with E-state index < -0.39 is 10.0 Å². The Balaban J connectivity index is 1.84. The van der Waals surface area contributed by atoms with Crippen molar-refractivity contribution in [3.05, 3.63) is 71.6 Å². The lowest BCUT2D eigenvalue weighted by Gasteiger charge is -2.09. The van der Waals surface area contributed by atoms with Gasteiger partial charge >= 0.3 is 0 Å². The van der Waals surface area contributed by atoms with E-state index in [1.165, 1.54) is 12.1 Å². The molecule has 23 heavy (non-hydrogen) atoms. The molecule has 0 unspecified atom stereocenters. The molecule has 0 fully saturated rings. The molecule has 0 radical (unpaired) electrons. The third kappa shape index (κ3) is 3.61. The van der Waals surface area contributed by atoms with Crippen molar-refractivity contribution in [2.24, 2.45) is 0 Å². The molecular weight excluding hydrogens is 336 g/mol. The molecule has 0 amide bonds. The van der Waals surface area contributed by atoms with Gasteiger partial charge in [0.1, 0.15) is 5.69 Å². The van der Waals surface area contributed by atoms with Crippen molar-refractivity contribution in [3.63, 3.8) is 0 Å². The van der Waals surface area contributed by atoms with Crippen LogP contribution in [-0.2, 0) is 16.6 Å². The van der Waals surface area contributed by atoms with Crippen molar-refractivity contribution in [3.8, 4) is 11.5 Å². The lowest BCUT2D eigenvalue weighted by molar-refractivity contribution is 0.575. The molecule has 2 aromatic heterocycles. The van der Waals surface area contributed by atoms with Crippen LogP contribution in [0.3, 0.4) is 0 Å². The molecular formula is C16H13ClN2O3S. The summed E-state index contributed by atoms with van der Waals surface area (Å²) in [6, 6.07) is 13.2. The quantitative estimate of drug-likeness (QED) is 0.766. The highest BCUT2D eigenvalue weighted by Crippen LogP contribution is 2.22. The number of nitrogens with zero attached hydrogens (tertiary/aromatic N) is 1. The summed E-state index contributed by atoms with van der Waals surface area (Å²) in [6.07, 6.45) is 3.18. The van der Waals surface area contributed by atoms with E-state index in [1.54, 1.807) is 48.9 Å². The largest absolute Gasteiger partial charge is 0.463 e. The van der Waals surface area contributed by atoms with Gasteiger partial charge in [-0.25, -0.2) is 13.1 Å². The van der Waals surface area contributed by atoms with E-state index >= 15 is 0 Å². The number of furan rings is 1. The minimum Gasteiger partial charge on any atom is -0.463 e. The molecule has 5 nitrogen and oxygen atoms in total. The van der Waals surface area contributed by atoms with Gasteiger partial charge < -0.3 is 4.42 Å². The lowest BCUT2D eigenvalue weighted by atomic mass is 10.1. The normalized spacial score (nSPS) is 11.5. The maximum absolute atomic E-state index is 12.3. The van der Waals surface area contributed by atoms with Gasteiger partial charge in [-0.2, -0.15) is 0 Å². The van der Waals surface area contributed by atoms with Gasteiger partial charge in [0.15, 0.2) is 5.76 Å². The Morgan fingerprint density at radius 1 is 1.13 bits per heavy atom.